The molecule has 0 bridgehead atoms. The van der Waals surface area contributed by atoms with Crippen molar-refractivity contribution in [2.24, 2.45) is 0 Å². The van der Waals surface area contributed by atoms with E-state index in [1.54, 1.807) is 0 Å². The Morgan fingerprint density at radius 2 is 1.93 bits per heavy atom. The van der Waals surface area contributed by atoms with Crippen LogP contribution >= 0.6 is 0 Å². The van der Waals surface area contributed by atoms with Crippen LogP contribution in [0.2, 0.25) is 0 Å². The maximum Gasteiger partial charge on any atom is 0.335 e. The molecule has 7 nitrogen and oxygen atoms in total. The number of benzene rings is 2. The van der Waals surface area contributed by atoms with E-state index in [1.165, 1.54) is 32.3 Å². The molecule has 1 aliphatic rings. The number of fused-ring (bicyclic) bond motifs is 1. The highest BCUT2D eigenvalue weighted by Gasteiger charge is 2.34. The molecule has 0 unspecified atom stereocenters. The lowest BCUT2D eigenvalue weighted by Crippen LogP contribution is -2.24. The molecular formula is C19H20FNO6S. The molecule has 0 fully saturated rings. The third-order valence-corrected chi connectivity index (χ3v) is 6.14. The number of halogens is 1. The number of hydrogen-bond donors (Lipinski definition) is 1. The van der Waals surface area contributed by atoms with Crippen LogP contribution in [-0.2, 0) is 16.4 Å². The van der Waals surface area contributed by atoms with E-state index in [-0.39, 0.29) is 17.1 Å². The van der Waals surface area contributed by atoms with Gasteiger partial charge in [-0.05, 0) is 38.1 Å². The van der Waals surface area contributed by atoms with Crippen LogP contribution in [0, 0.1) is 5.82 Å². The first-order chi connectivity index (χ1) is 12.9. The SMILES string of the molecule is CN(C)S(=O)(=O)c1ccc(Oc2cc(C(=O)O)cc3c2CC(C)(C)O3)cc1F. The monoisotopic (exact) mass is 409 g/mol. The van der Waals surface area contributed by atoms with Gasteiger partial charge < -0.3 is 14.6 Å². The number of carboxylic acid groups (broad SMARTS) is 1. The summed E-state index contributed by atoms with van der Waals surface area (Å²) in [5, 5.41) is 9.32. The van der Waals surface area contributed by atoms with Gasteiger partial charge >= 0.3 is 5.97 Å². The maximum absolute atomic E-state index is 14.4. The van der Waals surface area contributed by atoms with Gasteiger partial charge in [-0.25, -0.2) is 21.9 Å². The summed E-state index contributed by atoms with van der Waals surface area (Å²) in [4.78, 5) is 10.9. The highest BCUT2D eigenvalue weighted by molar-refractivity contribution is 7.89. The fourth-order valence-corrected chi connectivity index (χ4v) is 3.88. The molecule has 1 aliphatic heterocycles. The largest absolute Gasteiger partial charge is 0.487 e. The van der Waals surface area contributed by atoms with Crippen molar-refractivity contribution in [2.45, 2.75) is 30.8 Å². The smallest absolute Gasteiger partial charge is 0.335 e. The average Bonchev–Trinajstić information content (AvgIpc) is 2.88. The number of aromatic carboxylic acids is 1. The van der Waals surface area contributed by atoms with Gasteiger partial charge in [-0.15, -0.1) is 0 Å². The van der Waals surface area contributed by atoms with E-state index in [9.17, 15) is 22.7 Å². The Bertz CT molecular complexity index is 1060. The Morgan fingerprint density at radius 3 is 2.50 bits per heavy atom. The van der Waals surface area contributed by atoms with E-state index >= 15 is 0 Å². The van der Waals surface area contributed by atoms with Gasteiger partial charge in [-0.2, -0.15) is 0 Å². The van der Waals surface area contributed by atoms with Crippen molar-refractivity contribution in [1.29, 1.82) is 0 Å². The molecular weight excluding hydrogens is 389 g/mol. The second-order valence-corrected chi connectivity index (χ2v) is 9.40. The Labute approximate surface area is 162 Å². The lowest BCUT2D eigenvalue weighted by molar-refractivity contribution is 0.0695. The number of carbonyl (C=O) groups is 1. The number of ether oxygens (including phenoxy) is 2. The van der Waals surface area contributed by atoms with E-state index in [4.69, 9.17) is 9.47 Å². The van der Waals surface area contributed by atoms with Gasteiger partial charge in [-0.3, -0.25) is 0 Å². The minimum absolute atomic E-state index is 0.0290. The van der Waals surface area contributed by atoms with Crippen LogP contribution in [0.25, 0.3) is 0 Å². The van der Waals surface area contributed by atoms with Gasteiger partial charge in [0.25, 0.3) is 0 Å². The highest BCUT2D eigenvalue weighted by atomic mass is 32.2. The predicted molar refractivity (Wildman–Crippen MR) is 99.2 cm³/mol. The molecule has 2 aromatic carbocycles. The summed E-state index contributed by atoms with van der Waals surface area (Å²) in [5.74, 6) is -1.45. The van der Waals surface area contributed by atoms with Crippen LogP contribution in [-0.4, -0.2) is 43.5 Å². The normalized spacial score (nSPS) is 15.2. The zero-order valence-electron chi connectivity index (χ0n) is 15.8. The molecule has 0 amide bonds. The Kier molecular flexibility index (Phi) is 4.84. The van der Waals surface area contributed by atoms with E-state index in [0.29, 0.717) is 17.7 Å². The maximum atomic E-state index is 14.4. The summed E-state index contributed by atoms with van der Waals surface area (Å²) < 4.78 is 51.1. The molecule has 150 valence electrons. The lowest BCUT2D eigenvalue weighted by atomic mass is 10.00. The minimum atomic E-state index is -3.94. The zero-order chi connectivity index (χ0) is 20.9. The molecule has 0 aromatic heterocycles. The summed E-state index contributed by atoms with van der Waals surface area (Å²) >= 11 is 0. The zero-order valence-corrected chi connectivity index (χ0v) is 16.6. The number of nitrogens with zero attached hydrogens (tertiary/aromatic N) is 1. The van der Waals surface area contributed by atoms with Crippen molar-refractivity contribution >= 4 is 16.0 Å². The van der Waals surface area contributed by atoms with Gasteiger partial charge in [0.15, 0.2) is 0 Å². The summed E-state index contributed by atoms with van der Waals surface area (Å²) in [6.07, 6.45) is 0.479. The predicted octanol–water partition coefficient (Wildman–Crippen LogP) is 3.28. The first kappa shape index (κ1) is 20.1. The molecule has 0 aliphatic carbocycles. The van der Waals surface area contributed by atoms with Crippen molar-refractivity contribution in [3.63, 3.8) is 0 Å². The summed E-state index contributed by atoms with van der Waals surface area (Å²) in [5.41, 5.74) is 0.103. The van der Waals surface area contributed by atoms with E-state index in [2.05, 4.69) is 0 Å². The van der Waals surface area contributed by atoms with Crippen molar-refractivity contribution < 1.29 is 32.2 Å². The Hall–Kier alpha value is -2.65. The third kappa shape index (κ3) is 3.67. The minimum Gasteiger partial charge on any atom is -0.487 e. The van der Waals surface area contributed by atoms with Gasteiger partial charge in [0.2, 0.25) is 10.0 Å². The molecule has 0 saturated heterocycles. The highest BCUT2D eigenvalue weighted by Crippen LogP contribution is 2.43. The molecule has 2 aromatic rings. The number of sulfonamides is 1. The molecule has 9 heteroatoms. The quantitative estimate of drug-likeness (QED) is 0.815. The van der Waals surface area contributed by atoms with Gasteiger partial charge in [0.05, 0.1) is 5.56 Å². The molecule has 0 saturated carbocycles. The molecule has 1 N–H and O–H groups in total. The second kappa shape index (κ2) is 6.75. The molecule has 1 heterocycles. The standard InChI is InChI=1S/C19H20FNO6S/c1-19(2)10-13-15(7-11(18(22)23)8-16(13)27-19)26-12-5-6-17(14(20)9-12)28(24,25)21(3)4/h5-9H,10H2,1-4H3,(H,22,23). The molecule has 3 rings (SSSR count). The van der Waals surface area contributed by atoms with E-state index in [1.807, 2.05) is 13.8 Å². The second-order valence-electron chi connectivity index (χ2n) is 7.28. The Balaban J connectivity index is 2.01. The fraction of sp³-hybridized carbons (Fsp3) is 0.316. The summed E-state index contributed by atoms with van der Waals surface area (Å²) in [7, 11) is -1.32. The van der Waals surface area contributed by atoms with Crippen LogP contribution in [0.1, 0.15) is 29.8 Å². The van der Waals surface area contributed by atoms with Crippen LogP contribution < -0.4 is 9.47 Å². The van der Waals surface area contributed by atoms with Gasteiger partial charge in [0.1, 0.15) is 33.6 Å². The Morgan fingerprint density at radius 1 is 1.25 bits per heavy atom. The molecule has 0 radical (unpaired) electrons. The van der Waals surface area contributed by atoms with Crippen LogP contribution in [0.5, 0.6) is 17.2 Å². The van der Waals surface area contributed by atoms with Crippen LogP contribution in [0.3, 0.4) is 0 Å². The average molecular weight is 409 g/mol. The van der Waals surface area contributed by atoms with Crippen LogP contribution in [0.15, 0.2) is 35.2 Å². The number of hydrogen-bond acceptors (Lipinski definition) is 5. The van der Waals surface area contributed by atoms with E-state index < -0.39 is 32.3 Å². The van der Waals surface area contributed by atoms with Crippen molar-refractivity contribution in [3.8, 4) is 17.2 Å². The van der Waals surface area contributed by atoms with Crippen molar-refractivity contribution in [1.82, 2.24) is 4.31 Å². The first-order valence-electron chi connectivity index (χ1n) is 8.40. The van der Waals surface area contributed by atoms with Crippen LogP contribution in [0.4, 0.5) is 4.39 Å². The summed E-state index contributed by atoms with van der Waals surface area (Å²) in [6, 6.07) is 6.15. The molecule has 0 spiro atoms. The fourth-order valence-electron chi connectivity index (χ4n) is 2.94. The van der Waals surface area contributed by atoms with Gasteiger partial charge in [-0.1, -0.05) is 0 Å². The number of rotatable bonds is 5. The third-order valence-electron chi connectivity index (χ3n) is 4.29. The van der Waals surface area contributed by atoms with Crippen molar-refractivity contribution in [2.75, 3.05) is 14.1 Å². The molecule has 0 atom stereocenters. The first-order valence-corrected chi connectivity index (χ1v) is 9.84. The summed E-state index contributed by atoms with van der Waals surface area (Å²) in [6.45, 7) is 3.72. The van der Waals surface area contributed by atoms with Crippen molar-refractivity contribution in [3.05, 3.63) is 47.3 Å². The van der Waals surface area contributed by atoms with Gasteiger partial charge in [0, 0.05) is 32.1 Å². The molecule has 28 heavy (non-hydrogen) atoms. The lowest BCUT2D eigenvalue weighted by Gasteiger charge is -2.16. The van der Waals surface area contributed by atoms with E-state index in [0.717, 1.165) is 16.4 Å². The number of carboxylic acids is 1. The topological polar surface area (TPSA) is 93.1 Å².